The van der Waals surface area contributed by atoms with Gasteiger partial charge in [-0.05, 0) is 56.5 Å². The summed E-state index contributed by atoms with van der Waals surface area (Å²) < 4.78 is 2.17. The SMILES string of the molecule is Cc1[c]ccc(Br)c1Br. The third kappa shape index (κ3) is 1.55. The molecule has 0 aliphatic carbocycles. The topological polar surface area (TPSA) is 0 Å². The Morgan fingerprint density at radius 1 is 1.44 bits per heavy atom. The van der Waals surface area contributed by atoms with Crippen LogP contribution < -0.4 is 0 Å². The third-order valence-electron chi connectivity index (χ3n) is 1.07. The van der Waals surface area contributed by atoms with Crippen LogP contribution >= 0.6 is 31.9 Å². The number of rotatable bonds is 0. The standard InChI is InChI=1S/C7H5Br2/c1-5-3-2-4-6(8)7(5)9/h2,4H,1H3. The fourth-order valence-corrected chi connectivity index (χ4v) is 1.23. The summed E-state index contributed by atoms with van der Waals surface area (Å²) in [5.41, 5.74) is 1.13. The Balaban J connectivity index is 3.25. The van der Waals surface area contributed by atoms with Gasteiger partial charge < -0.3 is 0 Å². The monoisotopic (exact) mass is 247 g/mol. The first kappa shape index (κ1) is 7.29. The van der Waals surface area contributed by atoms with E-state index in [0.717, 1.165) is 14.5 Å². The molecule has 1 radical (unpaired) electrons. The van der Waals surface area contributed by atoms with Gasteiger partial charge in [-0.1, -0.05) is 6.07 Å². The van der Waals surface area contributed by atoms with Gasteiger partial charge in [0.1, 0.15) is 0 Å². The quantitative estimate of drug-likeness (QED) is 0.661. The van der Waals surface area contributed by atoms with Gasteiger partial charge in [0.05, 0.1) is 0 Å². The molecule has 0 aromatic heterocycles. The molecule has 0 heterocycles. The lowest BCUT2D eigenvalue weighted by atomic mass is 10.2. The van der Waals surface area contributed by atoms with Crippen LogP contribution in [0.25, 0.3) is 0 Å². The van der Waals surface area contributed by atoms with Gasteiger partial charge in [0.25, 0.3) is 0 Å². The Morgan fingerprint density at radius 3 is 2.56 bits per heavy atom. The molecule has 0 aliphatic heterocycles. The first-order chi connectivity index (χ1) is 4.22. The van der Waals surface area contributed by atoms with Crippen molar-refractivity contribution in [2.45, 2.75) is 6.92 Å². The molecule has 0 bridgehead atoms. The van der Waals surface area contributed by atoms with Crippen molar-refractivity contribution in [1.82, 2.24) is 0 Å². The molecule has 0 N–H and O–H groups in total. The minimum absolute atomic E-state index is 1.08. The predicted octanol–water partition coefficient (Wildman–Crippen LogP) is 3.32. The van der Waals surface area contributed by atoms with E-state index in [1.807, 2.05) is 19.1 Å². The van der Waals surface area contributed by atoms with Crippen molar-refractivity contribution in [3.05, 3.63) is 32.7 Å². The molecule has 1 aromatic carbocycles. The van der Waals surface area contributed by atoms with Crippen LogP contribution in [0.3, 0.4) is 0 Å². The van der Waals surface area contributed by atoms with Gasteiger partial charge in [0.15, 0.2) is 0 Å². The molecule has 0 fully saturated rings. The van der Waals surface area contributed by atoms with E-state index in [-0.39, 0.29) is 0 Å². The molecule has 0 nitrogen and oxygen atoms in total. The maximum absolute atomic E-state index is 3.40. The zero-order valence-corrected chi connectivity index (χ0v) is 8.08. The van der Waals surface area contributed by atoms with Crippen LogP contribution in [0.15, 0.2) is 21.1 Å². The summed E-state index contributed by atoms with van der Waals surface area (Å²) in [5, 5.41) is 0. The molecule has 0 spiro atoms. The molecular formula is C7H5Br2. The number of benzene rings is 1. The first-order valence-electron chi connectivity index (χ1n) is 2.54. The summed E-state index contributed by atoms with van der Waals surface area (Å²) in [4.78, 5) is 0. The lowest BCUT2D eigenvalue weighted by molar-refractivity contribution is 1.40. The molecule has 1 aromatic rings. The van der Waals surface area contributed by atoms with Crippen molar-refractivity contribution < 1.29 is 0 Å². The molecule has 0 saturated heterocycles. The van der Waals surface area contributed by atoms with Crippen molar-refractivity contribution in [3.63, 3.8) is 0 Å². The van der Waals surface area contributed by atoms with Crippen molar-refractivity contribution in [1.29, 1.82) is 0 Å². The first-order valence-corrected chi connectivity index (χ1v) is 4.12. The largest absolute Gasteiger partial charge is 0.0529 e. The van der Waals surface area contributed by atoms with Crippen LogP contribution in [-0.2, 0) is 0 Å². The van der Waals surface area contributed by atoms with E-state index in [1.54, 1.807) is 0 Å². The van der Waals surface area contributed by atoms with E-state index in [1.165, 1.54) is 0 Å². The zero-order valence-electron chi connectivity index (χ0n) is 4.91. The number of hydrogen-bond donors (Lipinski definition) is 0. The molecule has 0 unspecified atom stereocenters. The van der Waals surface area contributed by atoms with E-state index in [4.69, 9.17) is 0 Å². The lowest BCUT2D eigenvalue weighted by Crippen LogP contribution is -1.74. The molecule has 47 valence electrons. The highest BCUT2D eigenvalue weighted by Crippen LogP contribution is 2.24. The van der Waals surface area contributed by atoms with Gasteiger partial charge in [0, 0.05) is 8.95 Å². The smallest absolute Gasteiger partial charge is 0.0352 e. The summed E-state index contributed by atoms with van der Waals surface area (Å²) in [5.74, 6) is 0. The van der Waals surface area contributed by atoms with Gasteiger partial charge in [-0.15, -0.1) is 0 Å². The highest BCUT2D eigenvalue weighted by molar-refractivity contribution is 9.13. The highest BCUT2D eigenvalue weighted by atomic mass is 79.9. The molecule has 2 heteroatoms. The number of aryl methyl sites for hydroxylation is 1. The molecule has 0 atom stereocenters. The second-order valence-electron chi connectivity index (χ2n) is 1.76. The Labute approximate surface area is 71.5 Å². The molecule has 9 heavy (non-hydrogen) atoms. The molecule has 0 amide bonds. The fourth-order valence-electron chi connectivity index (χ4n) is 0.555. The molecule has 0 saturated carbocycles. The van der Waals surface area contributed by atoms with Crippen molar-refractivity contribution in [2.75, 3.05) is 0 Å². The van der Waals surface area contributed by atoms with Crippen LogP contribution in [0.4, 0.5) is 0 Å². The van der Waals surface area contributed by atoms with E-state index in [0.29, 0.717) is 0 Å². The maximum atomic E-state index is 3.40. The van der Waals surface area contributed by atoms with E-state index in [9.17, 15) is 0 Å². The Bertz CT molecular complexity index is 198. The predicted molar refractivity (Wildman–Crippen MR) is 45.4 cm³/mol. The van der Waals surface area contributed by atoms with Crippen LogP contribution in [-0.4, -0.2) is 0 Å². The van der Waals surface area contributed by atoms with Crippen LogP contribution in [0.5, 0.6) is 0 Å². The zero-order chi connectivity index (χ0) is 6.85. The summed E-state index contributed by atoms with van der Waals surface area (Å²) in [6, 6.07) is 6.91. The van der Waals surface area contributed by atoms with Gasteiger partial charge in [-0.3, -0.25) is 0 Å². The summed E-state index contributed by atoms with van der Waals surface area (Å²) in [6.07, 6.45) is 0. The van der Waals surface area contributed by atoms with Gasteiger partial charge >= 0.3 is 0 Å². The molecule has 0 aliphatic rings. The number of hydrogen-bond acceptors (Lipinski definition) is 0. The van der Waals surface area contributed by atoms with Crippen molar-refractivity contribution in [3.8, 4) is 0 Å². The van der Waals surface area contributed by atoms with Gasteiger partial charge in [0.2, 0.25) is 0 Å². The van der Waals surface area contributed by atoms with Crippen molar-refractivity contribution >= 4 is 31.9 Å². The van der Waals surface area contributed by atoms with Crippen molar-refractivity contribution in [2.24, 2.45) is 0 Å². The van der Waals surface area contributed by atoms with E-state index in [2.05, 4.69) is 37.9 Å². The van der Waals surface area contributed by atoms with Gasteiger partial charge in [-0.25, -0.2) is 0 Å². The minimum atomic E-state index is 1.08. The van der Waals surface area contributed by atoms with Gasteiger partial charge in [-0.2, -0.15) is 0 Å². The number of halogens is 2. The summed E-state index contributed by atoms with van der Waals surface area (Å²) in [6.45, 7) is 2.01. The second-order valence-corrected chi connectivity index (χ2v) is 3.41. The third-order valence-corrected chi connectivity index (χ3v) is 3.28. The second kappa shape index (κ2) is 2.84. The van der Waals surface area contributed by atoms with E-state index >= 15 is 0 Å². The normalized spacial score (nSPS) is 9.67. The van der Waals surface area contributed by atoms with Crippen LogP contribution in [0.2, 0.25) is 0 Å². The maximum Gasteiger partial charge on any atom is 0.0352 e. The minimum Gasteiger partial charge on any atom is -0.0529 e. The fraction of sp³-hybridized carbons (Fsp3) is 0.143. The Morgan fingerprint density at radius 2 is 2.11 bits per heavy atom. The average molecular weight is 249 g/mol. The Kier molecular flexibility index (Phi) is 2.30. The van der Waals surface area contributed by atoms with Crippen LogP contribution in [0.1, 0.15) is 5.56 Å². The van der Waals surface area contributed by atoms with E-state index < -0.39 is 0 Å². The Hall–Kier alpha value is 0.180. The average Bonchev–Trinajstić information content (AvgIpc) is 1.83. The molecule has 1 rings (SSSR count). The highest BCUT2D eigenvalue weighted by Gasteiger charge is 1.96. The van der Waals surface area contributed by atoms with Crippen LogP contribution in [0, 0.1) is 13.0 Å². The summed E-state index contributed by atoms with van der Waals surface area (Å²) >= 11 is 6.78. The summed E-state index contributed by atoms with van der Waals surface area (Å²) in [7, 11) is 0. The lowest BCUT2D eigenvalue weighted by Gasteiger charge is -1.96. The molecular weight excluding hydrogens is 244 g/mol.